The summed E-state index contributed by atoms with van der Waals surface area (Å²) < 4.78 is 10.2. The molecule has 1 heterocycles. The van der Waals surface area contributed by atoms with Gasteiger partial charge < -0.3 is 14.4 Å². The van der Waals surface area contributed by atoms with E-state index in [4.69, 9.17) is 26.3 Å². The zero-order valence-corrected chi connectivity index (χ0v) is 11.1. The van der Waals surface area contributed by atoms with Gasteiger partial charge in [0, 0.05) is 20.2 Å². The zero-order valence-electron chi connectivity index (χ0n) is 10.4. The molecule has 0 aliphatic carbocycles. The van der Waals surface area contributed by atoms with Crippen LogP contribution in [0.3, 0.4) is 0 Å². The molecule has 98 valence electrons. The molecule has 0 amide bonds. The summed E-state index contributed by atoms with van der Waals surface area (Å²) in [6, 6.07) is 2.10. The lowest BCUT2D eigenvalue weighted by Gasteiger charge is -2.23. The molecular weight excluding hydrogens is 256 g/mol. The summed E-state index contributed by atoms with van der Waals surface area (Å²) in [7, 11) is 3.12. The quantitative estimate of drug-likeness (QED) is 0.700. The highest BCUT2D eigenvalue weighted by Crippen LogP contribution is 2.31. The average Bonchev–Trinajstić information content (AvgIpc) is 2.39. The molecule has 0 saturated heterocycles. The summed E-state index contributed by atoms with van der Waals surface area (Å²) in [5.74, 6) is 0.984. The van der Waals surface area contributed by atoms with Crippen LogP contribution in [0.5, 0.6) is 5.75 Å². The van der Waals surface area contributed by atoms with Crippen LogP contribution in [0.1, 0.15) is 6.42 Å². The van der Waals surface area contributed by atoms with Gasteiger partial charge in [0.15, 0.2) is 16.7 Å². The van der Waals surface area contributed by atoms with Gasteiger partial charge in [-0.15, -0.1) is 0 Å². The number of hydrogen-bond donors (Lipinski definition) is 0. The molecule has 1 aromatic heterocycles. The van der Waals surface area contributed by atoms with Gasteiger partial charge in [-0.1, -0.05) is 11.6 Å². The van der Waals surface area contributed by atoms with Crippen molar-refractivity contribution in [2.24, 2.45) is 0 Å². The predicted octanol–water partition coefficient (Wildman–Crippen LogP) is 1.51. The third-order valence-electron chi connectivity index (χ3n) is 2.30. The van der Waals surface area contributed by atoms with Gasteiger partial charge in [0.1, 0.15) is 6.33 Å². The molecular formula is C11H15ClN4O2. The first kappa shape index (κ1) is 14.5. The Morgan fingerprint density at radius 1 is 1.39 bits per heavy atom. The minimum atomic E-state index is 0.252. The van der Waals surface area contributed by atoms with Crippen molar-refractivity contribution >= 4 is 17.4 Å². The van der Waals surface area contributed by atoms with Crippen LogP contribution in [-0.4, -0.2) is 43.9 Å². The lowest BCUT2D eigenvalue weighted by atomic mass is 10.3. The minimum absolute atomic E-state index is 0.252. The summed E-state index contributed by atoms with van der Waals surface area (Å²) in [6.45, 7) is 1.65. The molecule has 0 aliphatic rings. The monoisotopic (exact) mass is 270 g/mol. The van der Waals surface area contributed by atoms with E-state index in [-0.39, 0.29) is 5.15 Å². The lowest BCUT2D eigenvalue weighted by Crippen LogP contribution is -2.29. The number of methoxy groups -OCH3 is 2. The summed E-state index contributed by atoms with van der Waals surface area (Å²) >= 11 is 5.94. The fourth-order valence-corrected chi connectivity index (χ4v) is 1.66. The Kier molecular flexibility index (Phi) is 6.19. The Morgan fingerprint density at radius 2 is 2.17 bits per heavy atom. The van der Waals surface area contributed by atoms with Crippen LogP contribution in [-0.2, 0) is 4.74 Å². The molecule has 0 aliphatic heterocycles. The SMILES string of the molecule is COCCN(CCC#N)c1ncnc(Cl)c1OC. The molecule has 0 saturated carbocycles. The molecule has 0 bridgehead atoms. The van der Waals surface area contributed by atoms with Crippen LogP contribution < -0.4 is 9.64 Å². The van der Waals surface area contributed by atoms with E-state index in [0.29, 0.717) is 37.7 Å². The predicted molar refractivity (Wildman–Crippen MR) is 67.9 cm³/mol. The van der Waals surface area contributed by atoms with Crippen LogP contribution in [0.4, 0.5) is 5.82 Å². The van der Waals surface area contributed by atoms with E-state index in [2.05, 4.69) is 16.0 Å². The Balaban J connectivity index is 2.96. The second-order valence-corrected chi connectivity index (χ2v) is 3.77. The maximum absolute atomic E-state index is 8.67. The van der Waals surface area contributed by atoms with E-state index < -0.39 is 0 Å². The first-order valence-electron chi connectivity index (χ1n) is 5.40. The number of rotatable bonds is 7. The second-order valence-electron chi connectivity index (χ2n) is 3.41. The zero-order chi connectivity index (χ0) is 13.4. The van der Waals surface area contributed by atoms with Crippen molar-refractivity contribution in [3.05, 3.63) is 11.5 Å². The number of halogens is 1. The Labute approximate surface area is 111 Å². The standard InChI is InChI=1S/C11H15ClN4O2/c1-17-7-6-16(5-3-4-13)11-9(18-2)10(12)14-8-15-11/h8H,3,5-7H2,1-2H3. The molecule has 6 nitrogen and oxygen atoms in total. The van der Waals surface area contributed by atoms with E-state index in [1.54, 1.807) is 7.11 Å². The van der Waals surface area contributed by atoms with Crippen LogP contribution in [0.25, 0.3) is 0 Å². The van der Waals surface area contributed by atoms with Crippen molar-refractivity contribution in [2.45, 2.75) is 6.42 Å². The maximum atomic E-state index is 8.67. The molecule has 1 rings (SSSR count). The third-order valence-corrected chi connectivity index (χ3v) is 2.57. The number of aromatic nitrogens is 2. The Morgan fingerprint density at radius 3 is 2.78 bits per heavy atom. The second kappa shape index (κ2) is 7.69. The fourth-order valence-electron chi connectivity index (χ4n) is 1.45. The summed E-state index contributed by atoms with van der Waals surface area (Å²) in [4.78, 5) is 9.90. The fraction of sp³-hybridized carbons (Fsp3) is 0.545. The van der Waals surface area contributed by atoms with Gasteiger partial charge in [0.05, 0.1) is 26.2 Å². The molecule has 18 heavy (non-hydrogen) atoms. The van der Waals surface area contributed by atoms with Gasteiger partial charge >= 0.3 is 0 Å². The van der Waals surface area contributed by atoms with Crippen molar-refractivity contribution in [3.8, 4) is 11.8 Å². The molecule has 0 unspecified atom stereocenters. The molecule has 0 fully saturated rings. The highest BCUT2D eigenvalue weighted by molar-refractivity contribution is 6.31. The Bertz CT molecular complexity index is 422. The van der Waals surface area contributed by atoms with Gasteiger partial charge in [-0.2, -0.15) is 5.26 Å². The first-order chi connectivity index (χ1) is 8.74. The molecule has 0 aromatic carbocycles. The highest BCUT2D eigenvalue weighted by atomic mass is 35.5. The molecule has 0 radical (unpaired) electrons. The van der Waals surface area contributed by atoms with Crippen molar-refractivity contribution in [3.63, 3.8) is 0 Å². The van der Waals surface area contributed by atoms with Crippen molar-refractivity contribution < 1.29 is 9.47 Å². The largest absolute Gasteiger partial charge is 0.490 e. The maximum Gasteiger partial charge on any atom is 0.199 e. The highest BCUT2D eigenvalue weighted by Gasteiger charge is 2.16. The van der Waals surface area contributed by atoms with Crippen molar-refractivity contribution in [1.82, 2.24) is 9.97 Å². The molecule has 0 atom stereocenters. The molecule has 1 aromatic rings. The van der Waals surface area contributed by atoms with E-state index in [0.717, 1.165) is 0 Å². The average molecular weight is 271 g/mol. The van der Waals surface area contributed by atoms with E-state index >= 15 is 0 Å². The molecule has 0 N–H and O–H groups in total. The summed E-state index contributed by atoms with van der Waals surface area (Å²) in [5.41, 5.74) is 0. The third kappa shape index (κ3) is 3.72. The van der Waals surface area contributed by atoms with Crippen molar-refractivity contribution in [2.75, 3.05) is 38.8 Å². The molecule has 7 heteroatoms. The van der Waals surface area contributed by atoms with Gasteiger partial charge in [0.25, 0.3) is 0 Å². The first-order valence-corrected chi connectivity index (χ1v) is 5.77. The summed E-state index contributed by atoms with van der Waals surface area (Å²) in [6.07, 6.45) is 1.75. The van der Waals surface area contributed by atoms with Crippen LogP contribution in [0, 0.1) is 11.3 Å². The van der Waals surface area contributed by atoms with Crippen LogP contribution in [0.2, 0.25) is 5.15 Å². The van der Waals surface area contributed by atoms with Crippen LogP contribution >= 0.6 is 11.6 Å². The van der Waals surface area contributed by atoms with E-state index in [1.807, 2.05) is 4.90 Å². The number of nitriles is 1. The number of hydrogen-bond acceptors (Lipinski definition) is 6. The number of nitrogens with zero attached hydrogens (tertiary/aromatic N) is 4. The molecule has 0 spiro atoms. The number of ether oxygens (including phenoxy) is 2. The van der Waals surface area contributed by atoms with Crippen LogP contribution in [0.15, 0.2) is 6.33 Å². The minimum Gasteiger partial charge on any atom is -0.490 e. The topological polar surface area (TPSA) is 71.3 Å². The van der Waals surface area contributed by atoms with Gasteiger partial charge in [-0.3, -0.25) is 0 Å². The lowest BCUT2D eigenvalue weighted by molar-refractivity contribution is 0.205. The van der Waals surface area contributed by atoms with Gasteiger partial charge in [-0.05, 0) is 0 Å². The normalized spacial score (nSPS) is 9.89. The Hall–Kier alpha value is -1.58. The van der Waals surface area contributed by atoms with Gasteiger partial charge in [-0.25, -0.2) is 9.97 Å². The van der Waals surface area contributed by atoms with E-state index in [9.17, 15) is 0 Å². The van der Waals surface area contributed by atoms with Crippen molar-refractivity contribution in [1.29, 1.82) is 5.26 Å². The summed E-state index contributed by atoms with van der Waals surface area (Å²) in [5, 5.41) is 8.92. The smallest absolute Gasteiger partial charge is 0.199 e. The number of anilines is 1. The van der Waals surface area contributed by atoms with Gasteiger partial charge in [0.2, 0.25) is 0 Å². The van der Waals surface area contributed by atoms with E-state index in [1.165, 1.54) is 13.4 Å².